The summed E-state index contributed by atoms with van der Waals surface area (Å²) in [5.41, 5.74) is 0. The average Bonchev–Trinajstić information content (AvgIpc) is 2.30. The zero-order valence-electron chi connectivity index (χ0n) is 8.10. The molecule has 0 aromatic rings. The molecule has 0 aliphatic heterocycles. The summed E-state index contributed by atoms with van der Waals surface area (Å²) in [6.07, 6.45) is 10.4. The smallest absolute Gasteiger partial charge is 0.0389 e. The molecule has 1 saturated carbocycles. The molecule has 0 saturated heterocycles. The summed E-state index contributed by atoms with van der Waals surface area (Å²) in [5, 5.41) is 0. The lowest BCUT2D eigenvalue weighted by Gasteiger charge is -2.20. The van der Waals surface area contributed by atoms with Crippen molar-refractivity contribution in [3.8, 4) is 0 Å². The molecule has 0 bridgehead atoms. The minimum Gasteiger partial charge on any atom is -0.0651 e. The second-order valence-electron chi connectivity index (χ2n) is 4.14. The molecule has 1 unspecified atom stereocenters. The van der Waals surface area contributed by atoms with Gasteiger partial charge in [-0.2, -0.15) is 0 Å². The van der Waals surface area contributed by atoms with Gasteiger partial charge in [0.2, 0.25) is 0 Å². The Balaban J connectivity index is 2.30. The van der Waals surface area contributed by atoms with E-state index in [1.807, 2.05) is 0 Å². The van der Waals surface area contributed by atoms with Gasteiger partial charge in [-0.05, 0) is 11.8 Å². The highest BCUT2D eigenvalue weighted by Crippen LogP contribution is 2.30. The first-order valence-electron chi connectivity index (χ1n) is 5.34. The van der Waals surface area contributed by atoms with Gasteiger partial charge in [-0.3, -0.25) is 0 Å². The van der Waals surface area contributed by atoms with E-state index in [0.29, 0.717) is 0 Å². The molecule has 1 fully saturated rings. The van der Waals surface area contributed by atoms with Crippen molar-refractivity contribution in [1.29, 1.82) is 0 Å². The Morgan fingerprint density at radius 1 is 1.09 bits per heavy atom. The van der Waals surface area contributed by atoms with Crippen LogP contribution in [-0.2, 0) is 0 Å². The molecular formula is C11H22. The molecule has 1 aliphatic rings. The fourth-order valence-electron chi connectivity index (χ4n) is 2.21. The highest BCUT2D eigenvalue weighted by Gasteiger charge is 2.16. The number of hydrogen-bond acceptors (Lipinski definition) is 0. The second kappa shape index (κ2) is 4.79. The van der Waals surface area contributed by atoms with E-state index < -0.39 is 0 Å². The summed E-state index contributed by atoms with van der Waals surface area (Å²) in [6, 6.07) is 0. The molecule has 0 heterocycles. The Kier molecular flexibility index (Phi) is 3.96. The molecule has 0 N–H and O–H groups in total. The minimum absolute atomic E-state index is 0.980. The predicted molar refractivity (Wildman–Crippen MR) is 50.6 cm³/mol. The average molecular weight is 154 g/mol. The normalized spacial score (nSPS) is 24.5. The van der Waals surface area contributed by atoms with Crippen LogP contribution in [0.25, 0.3) is 0 Å². The molecule has 1 atom stereocenters. The minimum atomic E-state index is 0.980. The Labute approximate surface area is 71.4 Å². The van der Waals surface area contributed by atoms with Gasteiger partial charge in [-0.25, -0.2) is 0 Å². The Bertz CT molecular complexity index is 88.2. The third kappa shape index (κ3) is 2.84. The third-order valence-corrected chi connectivity index (χ3v) is 3.35. The van der Waals surface area contributed by atoms with E-state index in [2.05, 4.69) is 13.8 Å². The van der Waals surface area contributed by atoms with Gasteiger partial charge in [0.1, 0.15) is 0 Å². The van der Waals surface area contributed by atoms with E-state index in [4.69, 9.17) is 0 Å². The van der Waals surface area contributed by atoms with Crippen molar-refractivity contribution in [3.63, 3.8) is 0 Å². The number of hydrogen-bond donors (Lipinski definition) is 0. The first-order valence-corrected chi connectivity index (χ1v) is 5.34. The molecule has 0 amide bonds. The van der Waals surface area contributed by atoms with Crippen LogP contribution in [0.4, 0.5) is 0 Å². The van der Waals surface area contributed by atoms with E-state index in [0.717, 1.165) is 11.8 Å². The van der Waals surface area contributed by atoms with Gasteiger partial charge in [0, 0.05) is 0 Å². The maximum absolute atomic E-state index is 2.43. The van der Waals surface area contributed by atoms with Gasteiger partial charge >= 0.3 is 0 Å². The molecule has 0 aromatic heterocycles. The van der Waals surface area contributed by atoms with Crippen molar-refractivity contribution in [3.05, 3.63) is 0 Å². The first kappa shape index (κ1) is 9.09. The first-order chi connectivity index (χ1) is 5.34. The van der Waals surface area contributed by atoms with Gasteiger partial charge in [-0.1, -0.05) is 58.8 Å². The third-order valence-electron chi connectivity index (χ3n) is 3.35. The molecule has 0 heteroatoms. The maximum atomic E-state index is 2.43. The van der Waals surface area contributed by atoms with Gasteiger partial charge in [-0.15, -0.1) is 0 Å². The van der Waals surface area contributed by atoms with Crippen molar-refractivity contribution in [2.75, 3.05) is 0 Å². The Morgan fingerprint density at radius 3 is 2.09 bits per heavy atom. The lowest BCUT2D eigenvalue weighted by molar-refractivity contribution is 0.312. The molecular weight excluding hydrogens is 132 g/mol. The summed E-state index contributed by atoms with van der Waals surface area (Å²) in [6.45, 7) is 4.76. The molecule has 0 aromatic carbocycles. The second-order valence-corrected chi connectivity index (χ2v) is 4.14. The van der Waals surface area contributed by atoms with Crippen LogP contribution in [0.5, 0.6) is 0 Å². The Hall–Kier alpha value is 0. The summed E-state index contributed by atoms with van der Waals surface area (Å²) in [4.78, 5) is 0. The molecule has 1 aliphatic carbocycles. The van der Waals surface area contributed by atoms with E-state index >= 15 is 0 Å². The van der Waals surface area contributed by atoms with E-state index in [9.17, 15) is 0 Å². The van der Waals surface area contributed by atoms with Crippen LogP contribution in [0.1, 0.15) is 58.8 Å². The highest BCUT2D eigenvalue weighted by molar-refractivity contribution is 4.68. The summed E-state index contributed by atoms with van der Waals surface area (Å²) >= 11 is 0. The largest absolute Gasteiger partial charge is 0.0651 e. The molecule has 0 nitrogen and oxygen atoms in total. The zero-order chi connectivity index (χ0) is 8.10. The van der Waals surface area contributed by atoms with Crippen LogP contribution in [0.3, 0.4) is 0 Å². The van der Waals surface area contributed by atoms with Crippen molar-refractivity contribution in [2.45, 2.75) is 58.8 Å². The SMILES string of the molecule is CCC(C)C1CCCCCC1. The topological polar surface area (TPSA) is 0 Å². The van der Waals surface area contributed by atoms with Gasteiger partial charge in [0.25, 0.3) is 0 Å². The van der Waals surface area contributed by atoms with Crippen molar-refractivity contribution in [1.82, 2.24) is 0 Å². The van der Waals surface area contributed by atoms with E-state index in [-0.39, 0.29) is 0 Å². The van der Waals surface area contributed by atoms with Crippen LogP contribution >= 0.6 is 0 Å². The van der Waals surface area contributed by atoms with Crippen molar-refractivity contribution < 1.29 is 0 Å². The van der Waals surface area contributed by atoms with Gasteiger partial charge in [0.15, 0.2) is 0 Å². The summed E-state index contributed by atoms with van der Waals surface area (Å²) in [5.74, 6) is 2.04. The lowest BCUT2D eigenvalue weighted by atomic mass is 9.86. The van der Waals surface area contributed by atoms with Gasteiger partial charge in [0.05, 0.1) is 0 Å². The van der Waals surface area contributed by atoms with Crippen LogP contribution in [0.2, 0.25) is 0 Å². The fraction of sp³-hybridized carbons (Fsp3) is 1.00. The van der Waals surface area contributed by atoms with E-state index in [1.165, 1.54) is 44.9 Å². The van der Waals surface area contributed by atoms with Crippen LogP contribution in [0, 0.1) is 11.8 Å². The molecule has 0 radical (unpaired) electrons. The summed E-state index contributed by atoms with van der Waals surface area (Å²) < 4.78 is 0. The fourth-order valence-corrected chi connectivity index (χ4v) is 2.21. The maximum Gasteiger partial charge on any atom is -0.0389 e. The molecule has 11 heavy (non-hydrogen) atoms. The lowest BCUT2D eigenvalue weighted by Crippen LogP contribution is -2.09. The quantitative estimate of drug-likeness (QED) is 0.527. The van der Waals surface area contributed by atoms with Crippen LogP contribution < -0.4 is 0 Å². The van der Waals surface area contributed by atoms with Crippen molar-refractivity contribution >= 4 is 0 Å². The zero-order valence-corrected chi connectivity index (χ0v) is 8.10. The molecule has 1 rings (SSSR count). The van der Waals surface area contributed by atoms with Gasteiger partial charge < -0.3 is 0 Å². The standard InChI is InChI=1S/C11H22/c1-3-10(2)11-8-6-4-5-7-9-11/h10-11H,3-9H2,1-2H3. The summed E-state index contributed by atoms with van der Waals surface area (Å²) in [7, 11) is 0. The molecule has 0 spiro atoms. The monoisotopic (exact) mass is 154 g/mol. The predicted octanol–water partition coefficient (Wildman–Crippen LogP) is 4.00. The molecule has 66 valence electrons. The van der Waals surface area contributed by atoms with E-state index in [1.54, 1.807) is 0 Å². The highest BCUT2D eigenvalue weighted by atomic mass is 14.2. The number of rotatable bonds is 2. The van der Waals surface area contributed by atoms with Crippen LogP contribution in [-0.4, -0.2) is 0 Å². The van der Waals surface area contributed by atoms with Crippen molar-refractivity contribution in [2.24, 2.45) is 11.8 Å². The Morgan fingerprint density at radius 2 is 1.64 bits per heavy atom. The van der Waals surface area contributed by atoms with Crippen LogP contribution in [0.15, 0.2) is 0 Å².